The van der Waals surface area contributed by atoms with Crippen molar-refractivity contribution in [1.82, 2.24) is 9.36 Å². The first-order valence-corrected chi connectivity index (χ1v) is 12.0. The third-order valence-corrected chi connectivity index (χ3v) is 6.83. The zero-order valence-electron chi connectivity index (χ0n) is 16.3. The lowest BCUT2D eigenvalue weighted by molar-refractivity contribution is 0.102. The van der Waals surface area contributed by atoms with E-state index in [4.69, 9.17) is 23.2 Å². The molecule has 1 aromatic heterocycles. The lowest BCUT2D eigenvalue weighted by atomic mass is 10.1. The molecule has 2 N–H and O–H groups in total. The van der Waals surface area contributed by atoms with Crippen molar-refractivity contribution >= 4 is 74.1 Å². The molecule has 0 bridgehead atoms. The average Bonchev–Trinajstić information content (AvgIpc) is 3.45. The lowest BCUT2D eigenvalue weighted by Gasteiger charge is -2.22. The molecule has 8 nitrogen and oxygen atoms in total. The van der Waals surface area contributed by atoms with Crippen molar-refractivity contribution in [3.05, 3.63) is 58.1 Å². The van der Waals surface area contributed by atoms with Gasteiger partial charge in [0.1, 0.15) is 12.1 Å². The second kappa shape index (κ2) is 9.67. The number of halogens is 3. The summed E-state index contributed by atoms with van der Waals surface area (Å²) in [6, 6.07) is 7.07. The summed E-state index contributed by atoms with van der Waals surface area (Å²) in [7, 11) is 0. The van der Waals surface area contributed by atoms with Crippen LogP contribution in [0.1, 0.15) is 23.2 Å². The van der Waals surface area contributed by atoms with Gasteiger partial charge in [-0.2, -0.15) is 4.37 Å². The Bertz CT molecular complexity index is 1180. The molecule has 32 heavy (non-hydrogen) atoms. The molecular weight excluding hydrogens is 500 g/mol. The molecular formula is C19H16Cl2FN5O3S2. The van der Waals surface area contributed by atoms with Crippen LogP contribution in [0.25, 0.3) is 0 Å². The third-order valence-electron chi connectivity index (χ3n) is 4.83. The number of anilines is 4. The summed E-state index contributed by atoms with van der Waals surface area (Å²) >= 11 is 10.6. The maximum absolute atomic E-state index is 14.9. The van der Waals surface area contributed by atoms with Crippen LogP contribution >= 0.6 is 34.7 Å². The molecule has 2 heterocycles. The molecule has 1 unspecified atom stereocenters. The van der Waals surface area contributed by atoms with E-state index in [2.05, 4.69) is 19.6 Å². The first-order chi connectivity index (χ1) is 15.3. The van der Waals surface area contributed by atoms with Gasteiger partial charge < -0.3 is 10.2 Å². The van der Waals surface area contributed by atoms with Gasteiger partial charge >= 0.3 is 0 Å². The number of nitrogens with zero attached hydrogens (tertiary/aromatic N) is 4. The summed E-state index contributed by atoms with van der Waals surface area (Å²) in [5, 5.41) is 3.11. The standard InChI is InChI=1S/C19H16Cl2FN5O3S2/c20-11-3-4-12(16(7-11)26-5-1-2-6-26)18(28)25-15-9-14(22)17(8-13(15)21)27(32(29)30)19-23-10-24-31-19/h3-4,7-10H,1-2,5-6H2,(H,25,28)(H,29,30). The fraction of sp³-hybridized carbons (Fsp3) is 0.211. The smallest absolute Gasteiger partial charge is 0.268 e. The second-order valence-electron chi connectivity index (χ2n) is 6.84. The predicted molar refractivity (Wildman–Crippen MR) is 125 cm³/mol. The van der Waals surface area contributed by atoms with Crippen molar-refractivity contribution in [3.8, 4) is 0 Å². The van der Waals surface area contributed by atoms with Crippen molar-refractivity contribution in [2.45, 2.75) is 12.8 Å². The number of hydrogen-bond acceptors (Lipinski definition) is 6. The van der Waals surface area contributed by atoms with Gasteiger partial charge in [0.05, 0.1) is 27.6 Å². The Balaban J connectivity index is 1.64. The average molecular weight is 516 g/mol. The zero-order valence-corrected chi connectivity index (χ0v) is 19.4. The van der Waals surface area contributed by atoms with Gasteiger partial charge in [-0.3, -0.25) is 9.35 Å². The van der Waals surface area contributed by atoms with Crippen LogP contribution in [0.4, 0.5) is 26.6 Å². The van der Waals surface area contributed by atoms with Gasteiger partial charge in [0.15, 0.2) is 0 Å². The topological polar surface area (TPSA) is 98.7 Å². The molecule has 1 amide bonds. The van der Waals surface area contributed by atoms with E-state index >= 15 is 0 Å². The summed E-state index contributed by atoms with van der Waals surface area (Å²) in [6.07, 6.45) is 3.21. The minimum absolute atomic E-state index is 0.00834. The first kappa shape index (κ1) is 22.9. The minimum atomic E-state index is -2.62. The molecule has 3 aromatic rings. The van der Waals surface area contributed by atoms with Crippen LogP contribution in [0.5, 0.6) is 0 Å². The van der Waals surface area contributed by atoms with Gasteiger partial charge in [0.2, 0.25) is 5.13 Å². The summed E-state index contributed by atoms with van der Waals surface area (Å²) in [6.45, 7) is 1.62. The van der Waals surface area contributed by atoms with Crippen molar-refractivity contribution in [2.75, 3.05) is 27.6 Å². The molecule has 1 saturated heterocycles. The van der Waals surface area contributed by atoms with E-state index in [9.17, 15) is 17.9 Å². The SMILES string of the molecule is O=C(Nc1cc(F)c(N(c2ncns2)S(=O)O)cc1Cl)c1ccc(Cl)cc1N1CCCC1. The Hall–Kier alpha value is -2.31. The highest BCUT2D eigenvalue weighted by Crippen LogP contribution is 2.36. The van der Waals surface area contributed by atoms with Crippen LogP contribution < -0.4 is 14.5 Å². The molecule has 1 fully saturated rings. The van der Waals surface area contributed by atoms with Crippen molar-refractivity contribution in [1.29, 1.82) is 0 Å². The van der Waals surface area contributed by atoms with E-state index in [1.54, 1.807) is 18.2 Å². The summed E-state index contributed by atoms with van der Waals surface area (Å²) in [5.41, 5.74) is 0.804. The Morgan fingerprint density at radius 1 is 1.25 bits per heavy atom. The molecule has 0 spiro atoms. The number of benzene rings is 2. The van der Waals surface area contributed by atoms with Crippen LogP contribution in [0.2, 0.25) is 10.0 Å². The number of amides is 1. The first-order valence-electron chi connectivity index (χ1n) is 9.38. The van der Waals surface area contributed by atoms with E-state index in [1.807, 2.05) is 0 Å². The molecule has 1 aliphatic heterocycles. The maximum atomic E-state index is 14.9. The highest BCUT2D eigenvalue weighted by atomic mass is 35.5. The maximum Gasteiger partial charge on any atom is 0.268 e. The number of aromatic nitrogens is 2. The number of nitrogens with one attached hydrogen (secondary N) is 1. The fourth-order valence-corrected chi connectivity index (χ4v) is 5.01. The predicted octanol–water partition coefficient (Wildman–Crippen LogP) is 5.11. The molecule has 0 saturated carbocycles. The van der Waals surface area contributed by atoms with E-state index in [1.165, 1.54) is 6.33 Å². The Kier molecular flexibility index (Phi) is 6.91. The lowest BCUT2D eigenvalue weighted by Crippen LogP contribution is -2.23. The number of carbonyl (C=O) groups is 1. The van der Waals surface area contributed by atoms with E-state index < -0.39 is 23.0 Å². The molecule has 1 aliphatic rings. The molecule has 4 rings (SSSR count). The highest BCUT2D eigenvalue weighted by molar-refractivity contribution is 7.81. The van der Waals surface area contributed by atoms with Crippen molar-refractivity contribution in [2.24, 2.45) is 0 Å². The van der Waals surface area contributed by atoms with E-state index in [-0.39, 0.29) is 21.5 Å². The quantitative estimate of drug-likeness (QED) is 0.442. The van der Waals surface area contributed by atoms with Gasteiger partial charge in [-0.05, 0) is 37.1 Å². The van der Waals surface area contributed by atoms with Gasteiger partial charge in [-0.1, -0.05) is 23.2 Å². The summed E-state index contributed by atoms with van der Waals surface area (Å²) in [4.78, 5) is 18.9. The monoisotopic (exact) mass is 515 g/mol. The minimum Gasteiger partial charge on any atom is -0.371 e. The van der Waals surface area contributed by atoms with E-state index in [0.717, 1.165) is 53.9 Å². The number of carbonyl (C=O) groups excluding carboxylic acids is 1. The van der Waals surface area contributed by atoms with Crippen LogP contribution in [-0.4, -0.2) is 37.1 Å². The molecule has 0 radical (unpaired) electrons. The van der Waals surface area contributed by atoms with E-state index in [0.29, 0.717) is 16.3 Å². The Morgan fingerprint density at radius 2 is 2.00 bits per heavy atom. The van der Waals surface area contributed by atoms with Gasteiger partial charge in [-0.15, -0.1) is 0 Å². The number of rotatable bonds is 6. The van der Waals surface area contributed by atoms with Crippen LogP contribution in [0.15, 0.2) is 36.7 Å². The normalized spacial score (nSPS) is 14.4. The fourth-order valence-electron chi connectivity index (χ4n) is 3.40. The van der Waals surface area contributed by atoms with Crippen LogP contribution in [0, 0.1) is 5.82 Å². The van der Waals surface area contributed by atoms with Gasteiger partial charge in [0, 0.05) is 35.7 Å². The third kappa shape index (κ3) is 4.71. The molecule has 13 heteroatoms. The number of hydrogen-bond donors (Lipinski definition) is 2. The van der Waals surface area contributed by atoms with Crippen LogP contribution in [0.3, 0.4) is 0 Å². The Labute approximate surface area is 199 Å². The van der Waals surface area contributed by atoms with Gasteiger partial charge in [-0.25, -0.2) is 17.9 Å². The molecule has 0 aliphatic carbocycles. The van der Waals surface area contributed by atoms with Gasteiger partial charge in [0.25, 0.3) is 17.2 Å². The highest BCUT2D eigenvalue weighted by Gasteiger charge is 2.25. The van der Waals surface area contributed by atoms with Crippen LogP contribution in [-0.2, 0) is 11.3 Å². The summed E-state index contributed by atoms with van der Waals surface area (Å²) in [5.74, 6) is -1.36. The molecule has 1 atom stereocenters. The largest absolute Gasteiger partial charge is 0.371 e. The zero-order chi connectivity index (χ0) is 22.8. The summed E-state index contributed by atoms with van der Waals surface area (Å²) < 4.78 is 40.8. The second-order valence-corrected chi connectivity index (χ2v) is 9.27. The van der Waals surface area contributed by atoms with Crippen molar-refractivity contribution in [3.63, 3.8) is 0 Å². The Morgan fingerprint density at radius 3 is 2.66 bits per heavy atom. The molecule has 2 aromatic carbocycles. The van der Waals surface area contributed by atoms with Crippen molar-refractivity contribution < 1.29 is 17.9 Å². The molecule has 168 valence electrons.